The molecule has 0 aliphatic carbocycles. The summed E-state index contributed by atoms with van der Waals surface area (Å²) in [5.74, 6) is -0.879. The molecule has 0 saturated carbocycles. The normalized spacial score (nSPS) is 13.4. The largest absolute Gasteiger partial charge is 0.367 e. The van der Waals surface area contributed by atoms with E-state index in [0.29, 0.717) is 12.1 Å². The van der Waals surface area contributed by atoms with Gasteiger partial charge in [-0.25, -0.2) is 17.8 Å². The molecule has 1 aliphatic heterocycles. The van der Waals surface area contributed by atoms with Crippen molar-refractivity contribution in [3.63, 3.8) is 0 Å². The first-order valence-electron chi connectivity index (χ1n) is 9.55. The van der Waals surface area contributed by atoms with Gasteiger partial charge in [0.25, 0.3) is 10.0 Å². The van der Waals surface area contributed by atoms with Crippen molar-refractivity contribution in [2.75, 3.05) is 16.2 Å². The molecular weight excluding hydrogens is 475 g/mol. The van der Waals surface area contributed by atoms with E-state index >= 15 is 0 Å². The molecule has 0 fully saturated rings. The number of hydrogen-bond donors (Lipinski definition) is 2. The van der Waals surface area contributed by atoms with Crippen LogP contribution in [0.1, 0.15) is 11.1 Å². The van der Waals surface area contributed by atoms with Crippen molar-refractivity contribution in [1.82, 2.24) is 19.6 Å². The van der Waals surface area contributed by atoms with Crippen LogP contribution in [0.2, 0.25) is 5.02 Å². The van der Waals surface area contributed by atoms with Gasteiger partial charge in [-0.3, -0.25) is 9.82 Å². The molecule has 8 nitrogen and oxygen atoms in total. The van der Waals surface area contributed by atoms with Crippen LogP contribution in [0.4, 0.5) is 15.2 Å². The average Bonchev–Trinajstić information content (AvgIpc) is 3.52. The Labute approximate surface area is 192 Å². The van der Waals surface area contributed by atoms with E-state index in [4.69, 9.17) is 11.6 Å². The lowest BCUT2D eigenvalue weighted by atomic mass is 10.0. The van der Waals surface area contributed by atoms with Crippen LogP contribution in [0.3, 0.4) is 0 Å². The zero-order valence-corrected chi connectivity index (χ0v) is 18.8. The molecule has 5 rings (SSSR count). The van der Waals surface area contributed by atoms with Gasteiger partial charge in [0.15, 0.2) is 0 Å². The third kappa shape index (κ3) is 3.94. The van der Waals surface area contributed by atoms with Crippen LogP contribution >= 0.6 is 23.1 Å². The molecule has 0 atom stereocenters. The topological polar surface area (TPSA) is 104 Å². The monoisotopic (exact) mass is 490 g/mol. The number of hydrogen-bond acceptors (Lipinski definition) is 7. The molecule has 164 valence electrons. The number of halogens is 2. The highest BCUT2D eigenvalue weighted by atomic mass is 35.5. The van der Waals surface area contributed by atoms with Gasteiger partial charge in [-0.15, -0.1) is 0 Å². The Bertz CT molecular complexity index is 1380. The third-order valence-corrected chi connectivity index (χ3v) is 7.65. The molecule has 2 aromatic heterocycles. The van der Waals surface area contributed by atoms with Gasteiger partial charge in [-0.1, -0.05) is 17.7 Å². The van der Waals surface area contributed by atoms with Gasteiger partial charge in [0, 0.05) is 47.1 Å². The first kappa shape index (κ1) is 20.9. The van der Waals surface area contributed by atoms with E-state index in [0.717, 1.165) is 47.4 Å². The summed E-state index contributed by atoms with van der Waals surface area (Å²) in [5.41, 5.74) is 4.81. The number of sulfonamides is 1. The maximum absolute atomic E-state index is 14.8. The minimum Gasteiger partial charge on any atom is -0.367 e. The Morgan fingerprint density at radius 1 is 1.25 bits per heavy atom. The Hall–Kier alpha value is -3.02. The van der Waals surface area contributed by atoms with Crippen molar-refractivity contribution in [2.45, 2.75) is 17.9 Å². The van der Waals surface area contributed by atoms with Crippen molar-refractivity contribution in [3.8, 4) is 11.1 Å². The highest BCUT2D eigenvalue weighted by Crippen LogP contribution is 2.35. The summed E-state index contributed by atoms with van der Waals surface area (Å²) in [6.07, 6.45) is 5.67. The number of aromatic amines is 1. The van der Waals surface area contributed by atoms with Gasteiger partial charge in [0.2, 0.25) is 5.13 Å². The average molecular weight is 491 g/mol. The summed E-state index contributed by atoms with van der Waals surface area (Å²) < 4.78 is 45.8. The summed E-state index contributed by atoms with van der Waals surface area (Å²) in [4.78, 5) is 5.32. The van der Waals surface area contributed by atoms with E-state index in [-0.39, 0.29) is 10.2 Å². The fourth-order valence-corrected chi connectivity index (χ4v) is 5.75. The molecule has 0 spiro atoms. The number of fused-ring (bicyclic) bond motifs is 1. The van der Waals surface area contributed by atoms with Crippen molar-refractivity contribution in [2.24, 2.45) is 0 Å². The molecule has 0 unspecified atom stereocenters. The maximum Gasteiger partial charge on any atom is 0.266 e. The zero-order chi connectivity index (χ0) is 22.3. The van der Waals surface area contributed by atoms with Crippen LogP contribution < -0.4 is 9.62 Å². The molecule has 0 amide bonds. The highest BCUT2D eigenvalue weighted by Gasteiger charge is 2.25. The lowest BCUT2D eigenvalue weighted by Gasteiger charge is -2.21. The van der Waals surface area contributed by atoms with Crippen LogP contribution in [0.15, 0.2) is 53.9 Å². The lowest BCUT2D eigenvalue weighted by Crippen LogP contribution is -2.20. The first-order valence-corrected chi connectivity index (χ1v) is 12.2. The van der Waals surface area contributed by atoms with Gasteiger partial charge in [0.05, 0.1) is 6.20 Å². The first-order chi connectivity index (χ1) is 15.4. The molecule has 2 aromatic carbocycles. The number of aromatic nitrogens is 4. The minimum atomic E-state index is -4.18. The molecule has 2 N–H and O–H groups in total. The smallest absolute Gasteiger partial charge is 0.266 e. The van der Waals surface area contributed by atoms with E-state index in [2.05, 4.69) is 35.2 Å². The van der Waals surface area contributed by atoms with E-state index < -0.39 is 20.7 Å². The molecule has 4 aromatic rings. The highest BCUT2D eigenvalue weighted by molar-refractivity contribution is 7.93. The number of nitrogens with one attached hydrogen (secondary N) is 2. The summed E-state index contributed by atoms with van der Waals surface area (Å²) in [6, 6.07) is 8.47. The maximum atomic E-state index is 14.8. The van der Waals surface area contributed by atoms with Crippen LogP contribution in [0.25, 0.3) is 11.1 Å². The second-order valence-corrected chi connectivity index (χ2v) is 10.1. The van der Waals surface area contributed by atoms with E-state index in [1.807, 2.05) is 18.3 Å². The lowest BCUT2D eigenvalue weighted by molar-refractivity contribution is 0.568. The summed E-state index contributed by atoms with van der Waals surface area (Å²) in [6.45, 7) is 1.11. The number of H-pyrrole nitrogens is 1. The number of benzene rings is 2. The molecule has 0 radical (unpaired) electrons. The fourth-order valence-electron chi connectivity index (χ4n) is 3.71. The fraction of sp³-hybridized carbons (Fsp3) is 0.150. The van der Waals surface area contributed by atoms with Gasteiger partial charge >= 0.3 is 0 Å². The Morgan fingerprint density at radius 3 is 2.88 bits per heavy atom. The van der Waals surface area contributed by atoms with Gasteiger partial charge < -0.3 is 4.90 Å². The van der Waals surface area contributed by atoms with Crippen molar-refractivity contribution in [3.05, 3.63) is 71.0 Å². The molecule has 3 heterocycles. The summed E-state index contributed by atoms with van der Waals surface area (Å²) >= 11 is 7.22. The molecule has 12 heteroatoms. The molecule has 32 heavy (non-hydrogen) atoms. The summed E-state index contributed by atoms with van der Waals surface area (Å²) in [5, 5.41) is 7.02. The second-order valence-electron chi connectivity index (χ2n) is 7.23. The van der Waals surface area contributed by atoms with Crippen molar-refractivity contribution >= 4 is 44.0 Å². The van der Waals surface area contributed by atoms with E-state index in [1.165, 1.54) is 18.0 Å². The Kier molecular flexibility index (Phi) is 5.31. The number of anilines is 2. The molecule has 0 bridgehead atoms. The van der Waals surface area contributed by atoms with Gasteiger partial charge in [-0.05, 0) is 47.4 Å². The van der Waals surface area contributed by atoms with Crippen LogP contribution in [-0.4, -0.2) is 34.5 Å². The molecule has 0 saturated heterocycles. The third-order valence-electron chi connectivity index (χ3n) is 5.24. The Morgan fingerprint density at radius 2 is 2.12 bits per heavy atom. The van der Waals surface area contributed by atoms with Crippen LogP contribution in [0, 0.1) is 5.82 Å². The van der Waals surface area contributed by atoms with Gasteiger partial charge in [0.1, 0.15) is 17.0 Å². The predicted octanol–water partition coefficient (Wildman–Crippen LogP) is 4.08. The Balaban J connectivity index is 1.39. The molecule has 1 aliphatic rings. The minimum absolute atomic E-state index is 0.0491. The quantitative estimate of drug-likeness (QED) is 0.422. The zero-order valence-electron chi connectivity index (χ0n) is 16.4. The predicted molar refractivity (Wildman–Crippen MR) is 121 cm³/mol. The van der Waals surface area contributed by atoms with Crippen LogP contribution in [0.5, 0.6) is 0 Å². The molecular formula is C20H16ClFN6O2S2. The van der Waals surface area contributed by atoms with Crippen molar-refractivity contribution < 1.29 is 12.8 Å². The summed E-state index contributed by atoms with van der Waals surface area (Å²) in [7, 11) is -4.18. The van der Waals surface area contributed by atoms with E-state index in [1.54, 1.807) is 6.20 Å². The SMILES string of the molecule is O=S(=O)(Nc1ncns1)c1cc(Cl)c(CN2CCc3cc(-c4cn[nH]c4)ccc32)cc1F. The van der Waals surface area contributed by atoms with Gasteiger partial charge in [-0.2, -0.15) is 9.47 Å². The van der Waals surface area contributed by atoms with E-state index in [9.17, 15) is 12.8 Å². The number of nitrogens with zero attached hydrogens (tertiary/aromatic N) is 4. The second kappa shape index (κ2) is 8.15. The number of rotatable bonds is 6. The standard InChI is InChI=1S/C20H16ClFN6O2S2/c21-16-7-19(32(29,30)27-20-23-11-26-31-20)17(22)6-14(16)10-28-4-3-13-5-12(1-2-18(13)28)15-8-24-25-9-15/h1-2,5-9,11H,3-4,10H2,(H,24,25)(H,23,26,27). The van der Waals surface area contributed by atoms with Crippen LogP contribution in [-0.2, 0) is 23.0 Å². The van der Waals surface area contributed by atoms with Crippen molar-refractivity contribution in [1.29, 1.82) is 0 Å².